The number of fused-ring (bicyclic) bond motifs is 1. The number of pyridine rings is 1. The van der Waals surface area contributed by atoms with Gasteiger partial charge >= 0.3 is 0 Å². The highest BCUT2D eigenvalue weighted by Crippen LogP contribution is 2.54. The molecule has 0 unspecified atom stereocenters. The molecule has 8 heteroatoms. The molecule has 4 aromatic heterocycles. The molecule has 0 spiro atoms. The zero-order valence-electron chi connectivity index (χ0n) is 17.4. The number of aryl methyl sites for hydroxylation is 1. The predicted molar refractivity (Wildman–Crippen MR) is 120 cm³/mol. The lowest BCUT2D eigenvalue weighted by atomic mass is 9.91. The molecule has 1 aliphatic carbocycles. The van der Waals surface area contributed by atoms with Crippen LogP contribution in [0.3, 0.4) is 0 Å². The second kappa shape index (κ2) is 6.71. The maximum absolute atomic E-state index is 14.6. The molecule has 6 rings (SSSR count). The van der Waals surface area contributed by atoms with Crippen molar-refractivity contribution < 1.29 is 4.39 Å². The lowest BCUT2D eigenvalue weighted by Gasteiger charge is -2.17. The van der Waals surface area contributed by atoms with Gasteiger partial charge in [-0.15, -0.1) is 0 Å². The zero-order chi connectivity index (χ0) is 21.9. The number of nitrogens with two attached hydrogens (primary N) is 1. The monoisotopic (exact) mass is 425 g/mol. The van der Waals surface area contributed by atoms with Gasteiger partial charge in [-0.1, -0.05) is 18.2 Å². The number of aromatic amines is 1. The molecular weight excluding hydrogens is 405 g/mol. The van der Waals surface area contributed by atoms with E-state index < -0.39 is 5.41 Å². The van der Waals surface area contributed by atoms with E-state index in [1.165, 1.54) is 6.07 Å². The minimum absolute atomic E-state index is 0.172. The van der Waals surface area contributed by atoms with E-state index in [1.807, 2.05) is 43.8 Å². The number of hydrogen-bond acceptors (Lipinski definition) is 5. The van der Waals surface area contributed by atoms with Crippen molar-refractivity contribution in [1.29, 1.82) is 0 Å². The minimum Gasteiger partial charge on any atom is -0.368 e. The van der Waals surface area contributed by atoms with Crippen molar-refractivity contribution in [1.82, 2.24) is 29.7 Å². The Labute approximate surface area is 183 Å². The van der Waals surface area contributed by atoms with Gasteiger partial charge in [0.2, 0.25) is 5.95 Å². The molecule has 0 saturated heterocycles. The smallest absolute Gasteiger partial charge is 0.220 e. The molecule has 3 N–H and O–H groups in total. The van der Waals surface area contributed by atoms with E-state index >= 15 is 0 Å². The molecule has 4 heterocycles. The number of halogens is 1. The van der Waals surface area contributed by atoms with Gasteiger partial charge in [0.25, 0.3) is 0 Å². The van der Waals surface area contributed by atoms with Crippen LogP contribution in [0.4, 0.5) is 10.3 Å². The number of hydrogen-bond donors (Lipinski definition) is 2. The van der Waals surface area contributed by atoms with Crippen LogP contribution in [0.15, 0.2) is 61.2 Å². The number of nitrogens with one attached hydrogen (secondary N) is 1. The lowest BCUT2D eigenvalue weighted by Crippen LogP contribution is -2.15. The summed E-state index contributed by atoms with van der Waals surface area (Å²) in [6, 6.07) is 10.9. The largest absolute Gasteiger partial charge is 0.368 e. The fourth-order valence-corrected chi connectivity index (χ4v) is 4.43. The summed E-state index contributed by atoms with van der Waals surface area (Å²) >= 11 is 0. The third-order valence-electron chi connectivity index (χ3n) is 6.22. The van der Waals surface area contributed by atoms with Gasteiger partial charge in [0.1, 0.15) is 11.5 Å². The highest BCUT2D eigenvalue weighted by atomic mass is 19.1. The number of rotatable bonds is 4. The van der Waals surface area contributed by atoms with Gasteiger partial charge in [-0.3, -0.25) is 4.68 Å². The Morgan fingerprint density at radius 2 is 1.94 bits per heavy atom. The average Bonchev–Trinajstić information content (AvgIpc) is 3.30. The van der Waals surface area contributed by atoms with Crippen LogP contribution in [0, 0.1) is 5.82 Å². The summed E-state index contributed by atoms with van der Waals surface area (Å²) in [4.78, 5) is 16.8. The van der Waals surface area contributed by atoms with Gasteiger partial charge in [-0.05, 0) is 36.6 Å². The number of aromatic nitrogens is 6. The van der Waals surface area contributed by atoms with Gasteiger partial charge in [0.05, 0.1) is 17.6 Å². The highest BCUT2D eigenvalue weighted by molar-refractivity contribution is 5.95. The summed E-state index contributed by atoms with van der Waals surface area (Å²) in [6.07, 6.45) is 9.09. The summed E-state index contributed by atoms with van der Waals surface area (Å²) < 4.78 is 16.4. The van der Waals surface area contributed by atoms with Gasteiger partial charge < -0.3 is 10.7 Å². The molecule has 0 aliphatic heterocycles. The molecule has 1 aliphatic rings. The third-order valence-corrected chi connectivity index (χ3v) is 6.22. The molecule has 0 amide bonds. The lowest BCUT2D eigenvalue weighted by molar-refractivity contribution is 0.591. The maximum atomic E-state index is 14.6. The number of H-pyrrole nitrogens is 1. The first kappa shape index (κ1) is 18.7. The van der Waals surface area contributed by atoms with Gasteiger partial charge in [-0.2, -0.15) is 5.10 Å². The van der Waals surface area contributed by atoms with E-state index in [0.29, 0.717) is 11.3 Å². The Bertz CT molecular complexity index is 1480. The van der Waals surface area contributed by atoms with Crippen LogP contribution < -0.4 is 5.73 Å². The normalized spacial score (nSPS) is 14.7. The molecule has 0 atom stereocenters. The molecule has 1 aromatic carbocycles. The minimum atomic E-state index is -0.456. The number of benzene rings is 1. The fraction of sp³-hybridized carbons (Fsp3) is 0.167. The molecule has 158 valence electrons. The van der Waals surface area contributed by atoms with E-state index in [0.717, 1.165) is 46.3 Å². The average molecular weight is 425 g/mol. The van der Waals surface area contributed by atoms with E-state index in [2.05, 4.69) is 31.1 Å². The quantitative estimate of drug-likeness (QED) is 0.449. The van der Waals surface area contributed by atoms with Crippen LogP contribution in [0.2, 0.25) is 0 Å². The van der Waals surface area contributed by atoms with Crippen LogP contribution in [0.1, 0.15) is 24.1 Å². The van der Waals surface area contributed by atoms with Crippen molar-refractivity contribution in [3.63, 3.8) is 0 Å². The van der Waals surface area contributed by atoms with Crippen molar-refractivity contribution >= 4 is 17.0 Å². The number of anilines is 1. The predicted octanol–water partition coefficient (Wildman–Crippen LogP) is 4.22. The van der Waals surface area contributed by atoms with E-state index in [9.17, 15) is 4.39 Å². The van der Waals surface area contributed by atoms with Crippen molar-refractivity contribution in [2.24, 2.45) is 7.05 Å². The molecule has 1 saturated carbocycles. The van der Waals surface area contributed by atoms with Crippen LogP contribution in [-0.2, 0) is 12.5 Å². The maximum Gasteiger partial charge on any atom is 0.220 e. The first-order valence-corrected chi connectivity index (χ1v) is 10.4. The van der Waals surface area contributed by atoms with Crippen molar-refractivity contribution in [3.8, 4) is 22.4 Å². The third kappa shape index (κ3) is 2.87. The van der Waals surface area contributed by atoms with E-state index in [1.54, 1.807) is 16.9 Å². The first-order chi connectivity index (χ1) is 15.5. The van der Waals surface area contributed by atoms with Gasteiger partial charge in [-0.25, -0.2) is 19.3 Å². The summed E-state index contributed by atoms with van der Waals surface area (Å²) in [5.41, 5.74) is 11.3. The summed E-state index contributed by atoms with van der Waals surface area (Å²) in [5.74, 6) is -0.0491. The molecule has 0 radical (unpaired) electrons. The SMILES string of the molecule is Cn1cc(-c2cnc3[nH]cc(-c4cc(C5(c6ccccc6F)CC5)nc(N)n4)c3c2)cn1. The van der Waals surface area contributed by atoms with Crippen LogP contribution in [0.5, 0.6) is 0 Å². The van der Waals surface area contributed by atoms with E-state index in [4.69, 9.17) is 5.73 Å². The topological polar surface area (TPSA) is 98.3 Å². The van der Waals surface area contributed by atoms with Crippen molar-refractivity contribution in [3.05, 3.63) is 78.3 Å². The standard InChI is InChI=1S/C24H20FN7/c1-32-13-15(11-29-32)14-8-16-17(12-28-22(16)27-10-14)20-9-21(31-23(26)30-20)24(6-7-24)18-4-2-3-5-19(18)25/h2-5,8-13H,6-7H2,1H3,(H,27,28)(H2,26,30,31). The Morgan fingerprint density at radius 1 is 1.09 bits per heavy atom. The van der Waals surface area contributed by atoms with Crippen LogP contribution >= 0.6 is 0 Å². The second-order valence-corrected chi connectivity index (χ2v) is 8.28. The summed E-state index contributed by atoms with van der Waals surface area (Å²) in [7, 11) is 1.88. The molecule has 1 fully saturated rings. The molecular formula is C24H20FN7. The Morgan fingerprint density at radius 3 is 2.69 bits per heavy atom. The van der Waals surface area contributed by atoms with Crippen LogP contribution in [-0.4, -0.2) is 29.7 Å². The summed E-state index contributed by atoms with van der Waals surface area (Å²) in [5, 5.41) is 5.17. The van der Waals surface area contributed by atoms with Crippen molar-refractivity contribution in [2.75, 3.05) is 5.73 Å². The fourth-order valence-electron chi connectivity index (χ4n) is 4.43. The van der Waals surface area contributed by atoms with Gasteiger partial charge in [0, 0.05) is 53.1 Å². The number of nitrogen functional groups attached to an aromatic ring is 1. The summed E-state index contributed by atoms with van der Waals surface area (Å²) in [6.45, 7) is 0. The molecule has 5 aromatic rings. The highest BCUT2D eigenvalue weighted by Gasteiger charge is 2.49. The van der Waals surface area contributed by atoms with Crippen molar-refractivity contribution in [2.45, 2.75) is 18.3 Å². The van der Waals surface area contributed by atoms with Gasteiger partial charge in [0.15, 0.2) is 0 Å². The Kier molecular flexibility index (Phi) is 3.92. The Hall–Kier alpha value is -4.07. The van der Waals surface area contributed by atoms with E-state index in [-0.39, 0.29) is 11.8 Å². The Balaban J connectivity index is 1.48. The first-order valence-electron chi connectivity index (χ1n) is 10.4. The number of nitrogens with zero attached hydrogens (tertiary/aromatic N) is 5. The molecule has 0 bridgehead atoms. The molecule has 32 heavy (non-hydrogen) atoms. The molecule has 7 nitrogen and oxygen atoms in total. The van der Waals surface area contributed by atoms with Crippen LogP contribution in [0.25, 0.3) is 33.4 Å². The zero-order valence-corrected chi connectivity index (χ0v) is 17.4. The second-order valence-electron chi connectivity index (χ2n) is 8.28.